The molecule has 2 N–H and O–H groups in total. The fraction of sp³-hybridized carbons (Fsp3) is 0.500. The van der Waals surface area contributed by atoms with Gasteiger partial charge in [-0.05, 0) is 0 Å². The van der Waals surface area contributed by atoms with Gasteiger partial charge in [0.05, 0.1) is 0 Å². The van der Waals surface area contributed by atoms with Crippen LogP contribution >= 0.6 is 0 Å². The summed E-state index contributed by atoms with van der Waals surface area (Å²) < 4.78 is 0. The van der Waals surface area contributed by atoms with Gasteiger partial charge in [-0.25, -0.2) is 0 Å². The number of ketones is 2. The molecule has 0 radical (unpaired) electrons. The molecule has 24 heavy (non-hydrogen) atoms. The molecule has 3 aliphatic rings. The van der Waals surface area contributed by atoms with Gasteiger partial charge >= 0.3 is 0 Å². The first-order chi connectivity index (χ1) is 11.5. The van der Waals surface area contributed by atoms with Gasteiger partial charge in [0.25, 0.3) is 0 Å². The molecule has 8 nitrogen and oxygen atoms in total. The first-order valence-corrected chi connectivity index (χ1v) is 8.15. The SMILES string of the molecule is CCC(=O)NC1=C(N2CC2)C(=O)C(NC(=O)CC)=C(N2CC2)C1=O. The lowest BCUT2D eigenvalue weighted by atomic mass is 9.98. The van der Waals surface area contributed by atoms with E-state index in [1.807, 2.05) is 0 Å². The zero-order chi connectivity index (χ0) is 17.4. The third-order valence-corrected chi connectivity index (χ3v) is 4.06. The van der Waals surface area contributed by atoms with Crippen molar-refractivity contribution in [1.29, 1.82) is 0 Å². The highest BCUT2D eigenvalue weighted by molar-refractivity contribution is 6.26. The Morgan fingerprint density at radius 3 is 1.38 bits per heavy atom. The van der Waals surface area contributed by atoms with Crippen molar-refractivity contribution in [1.82, 2.24) is 20.4 Å². The average Bonchev–Trinajstić information content (AvgIpc) is 3.44. The topological polar surface area (TPSA) is 98.4 Å². The zero-order valence-electron chi connectivity index (χ0n) is 13.8. The lowest BCUT2D eigenvalue weighted by Gasteiger charge is -2.25. The van der Waals surface area contributed by atoms with E-state index in [2.05, 4.69) is 10.6 Å². The van der Waals surface area contributed by atoms with Crippen molar-refractivity contribution in [3.05, 3.63) is 22.8 Å². The van der Waals surface area contributed by atoms with E-state index in [1.165, 1.54) is 0 Å². The number of rotatable bonds is 6. The highest BCUT2D eigenvalue weighted by Gasteiger charge is 2.44. The number of nitrogens with zero attached hydrogens (tertiary/aromatic N) is 2. The average molecular weight is 332 g/mol. The molecule has 3 rings (SSSR count). The maximum atomic E-state index is 12.9. The number of amides is 2. The van der Waals surface area contributed by atoms with Gasteiger partial charge in [-0.15, -0.1) is 0 Å². The highest BCUT2D eigenvalue weighted by atomic mass is 16.2. The molecule has 0 atom stereocenters. The van der Waals surface area contributed by atoms with Crippen molar-refractivity contribution in [2.75, 3.05) is 26.2 Å². The van der Waals surface area contributed by atoms with Crippen LogP contribution in [0.1, 0.15) is 26.7 Å². The van der Waals surface area contributed by atoms with Crippen LogP contribution in [0.2, 0.25) is 0 Å². The van der Waals surface area contributed by atoms with Crippen LogP contribution in [-0.4, -0.2) is 59.4 Å². The second-order valence-corrected chi connectivity index (χ2v) is 5.88. The van der Waals surface area contributed by atoms with E-state index in [1.54, 1.807) is 23.6 Å². The van der Waals surface area contributed by atoms with Crippen molar-refractivity contribution in [3.8, 4) is 0 Å². The Balaban J connectivity index is 2.03. The molecular formula is C16H20N4O4. The predicted molar refractivity (Wildman–Crippen MR) is 84.1 cm³/mol. The molecule has 2 saturated heterocycles. The molecule has 2 heterocycles. The quantitative estimate of drug-likeness (QED) is 0.490. The minimum absolute atomic E-state index is 0.0285. The molecule has 128 valence electrons. The van der Waals surface area contributed by atoms with Gasteiger partial charge in [-0.2, -0.15) is 0 Å². The lowest BCUT2D eigenvalue weighted by Crippen LogP contribution is -2.42. The van der Waals surface area contributed by atoms with E-state index in [0.29, 0.717) is 26.2 Å². The van der Waals surface area contributed by atoms with Crippen molar-refractivity contribution in [3.63, 3.8) is 0 Å². The highest BCUT2D eigenvalue weighted by Crippen LogP contribution is 2.32. The smallest absolute Gasteiger partial charge is 0.229 e. The third-order valence-electron chi connectivity index (χ3n) is 4.06. The van der Waals surface area contributed by atoms with E-state index in [-0.39, 0.29) is 47.4 Å². The molecule has 1 aliphatic carbocycles. The number of carbonyl (C=O) groups is 4. The molecule has 0 saturated carbocycles. The maximum Gasteiger partial charge on any atom is 0.229 e. The summed E-state index contributed by atoms with van der Waals surface area (Å²) in [5, 5.41) is 5.15. The molecule has 0 aromatic carbocycles. The minimum Gasteiger partial charge on any atom is -0.363 e. The van der Waals surface area contributed by atoms with Crippen LogP contribution in [0.25, 0.3) is 0 Å². The number of hydrogen-bond donors (Lipinski definition) is 2. The fourth-order valence-corrected chi connectivity index (χ4v) is 2.52. The third kappa shape index (κ3) is 2.91. The largest absolute Gasteiger partial charge is 0.363 e. The Labute approximate surface area is 139 Å². The fourth-order valence-electron chi connectivity index (χ4n) is 2.52. The monoisotopic (exact) mass is 332 g/mol. The summed E-state index contributed by atoms with van der Waals surface area (Å²) in [5.74, 6) is -1.47. The summed E-state index contributed by atoms with van der Waals surface area (Å²) in [5.41, 5.74) is 0.416. The molecule has 0 aromatic heterocycles. The maximum absolute atomic E-state index is 12.9. The van der Waals surface area contributed by atoms with E-state index in [0.717, 1.165) is 0 Å². The molecule has 0 bridgehead atoms. The first kappa shape index (κ1) is 16.2. The summed E-state index contributed by atoms with van der Waals surface area (Å²) in [4.78, 5) is 52.9. The van der Waals surface area contributed by atoms with Crippen LogP contribution in [0.5, 0.6) is 0 Å². The molecular weight excluding hydrogens is 312 g/mol. The first-order valence-electron chi connectivity index (χ1n) is 8.15. The van der Waals surface area contributed by atoms with Crippen molar-refractivity contribution < 1.29 is 19.2 Å². The number of carbonyl (C=O) groups excluding carboxylic acids is 4. The summed E-state index contributed by atoms with van der Waals surface area (Å²) >= 11 is 0. The molecule has 0 unspecified atom stereocenters. The normalized spacial score (nSPS) is 19.8. The second-order valence-electron chi connectivity index (χ2n) is 5.88. The van der Waals surface area contributed by atoms with Crippen molar-refractivity contribution in [2.45, 2.75) is 26.7 Å². The summed E-state index contributed by atoms with van der Waals surface area (Å²) in [6.45, 7) is 5.94. The Kier molecular flexibility index (Phi) is 4.13. The Morgan fingerprint density at radius 1 is 0.792 bits per heavy atom. The van der Waals surface area contributed by atoms with Crippen LogP contribution in [0.4, 0.5) is 0 Å². The molecule has 0 spiro atoms. The number of Topliss-reactive ketones (excluding diaryl/α,β-unsaturated/α-hetero) is 2. The van der Waals surface area contributed by atoms with E-state index in [9.17, 15) is 19.2 Å². The number of hydrogen-bond acceptors (Lipinski definition) is 6. The van der Waals surface area contributed by atoms with Crippen LogP contribution in [0.3, 0.4) is 0 Å². The lowest BCUT2D eigenvalue weighted by molar-refractivity contribution is -0.124. The van der Waals surface area contributed by atoms with Gasteiger partial charge in [-0.1, -0.05) is 13.8 Å². The van der Waals surface area contributed by atoms with Gasteiger partial charge in [0, 0.05) is 39.0 Å². The van der Waals surface area contributed by atoms with Crippen LogP contribution in [0.15, 0.2) is 22.8 Å². The van der Waals surface area contributed by atoms with E-state index in [4.69, 9.17) is 0 Å². The van der Waals surface area contributed by atoms with Gasteiger partial charge in [0.2, 0.25) is 23.4 Å². The Hall–Kier alpha value is -2.64. The van der Waals surface area contributed by atoms with E-state index >= 15 is 0 Å². The zero-order valence-corrected chi connectivity index (χ0v) is 13.8. The minimum atomic E-state index is -0.415. The van der Waals surface area contributed by atoms with Gasteiger partial charge in [0.1, 0.15) is 22.8 Å². The molecule has 0 aromatic rings. The Morgan fingerprint density at radius 2 is 1.12 bits per heavy atom. The van der Waals surface area contributed by atoms with E-state index < -0.39 is 11.6 Å². The second kappa shape index (κ2) is 6.10. The van der Waals surface area contributed by atoms with Gasteiger partial charge < -0.3 is 20.4 Å². The molecule has 8 heteroatoms. The standard InChI is InChI=1S/C16H20N4O4/c1-3-9(21)17-11-13(19-5-6-19)16(24)12(18-10(22)4-2)14(15(11)23)20-7-8-20/h3-8H2,1-2H3,(H,17,21)(H,18,22). The summed E-state index contributed by atoms with van der Waals surface area (Å²) in [6.07, 6.45) is 0.418. The predicted octanol–water partition coefficient (Wildman–Crippen LogP) is -0.755. The molecule has 2 aliphatic heterocycles. The number of nitrogens with one attached hydrogen (secondary N) is 2. The van der Waals surface area contributed by atoms with Crippen molar-refractivity contribution >= 4 is 23.4 Å². The van der Waals surface area contributed by atoms with Gasteiger partial charge in [-0.3, -0.25) is 19.2 Å². The van der Waals surface area contributed by atoms with Crippen molar-refractivity contribution in [2.24, 2.45) is 0 Å². The van der Waals surface area contributed by atoms with Crippen LogP contribution < -0.4 is 10.6 Å². The van der Waals surface area contributed by atoms with Crippen LogP contribution in [-0.2, 0) is 19.2 Å². The van der Waals surface area contributed by atoms with Crippen LogP contribution in [0, 0.1) is 0 Å². The summed E-state index contributed by atoms with van der Waals surface area (Å²) in [7, 11) is 0. The summed E-state index contributed by atoms with van der Waals surface area (Å²) in [6, 6.07) is 0. The molecule has 2 amide bonds. The Bertz CT molecular complexity index is 639. The van der Waals surface area contributed by atoms with Gasteiger partial charge in [0.15, 0.2) is 0 Å². The molecule has 2 fully saturated rings.